The number of aromatic nitrogens is 1. The van der Waals surface area contributed by atoms with Crippen LogP contribution in [0.3, 0.4) is 0 Å². The number of thiazole rings is 1. The van der Waals surface area contributed by atoms with Crippen molar-refractivity contribution < 1.29 is 14.4 Å². The fourth-order valence-corrected chi connectivity index (χ4v) is 5.86. The number of rotatable bonds is 9. The van der Waals surface area contributed by atoms with E-state index in [1.165, 1.54) is 23.1 Å². The van der Waals surface area contributed by atoms with E-state index in [0.29, 0.717) is 16.4 Å². The molecule has 0 aliphatic carbocycles. The minimum absolute atomic E-state index is 0.109. The van der Waals surface area contributed by atoms with Gasteiger partial charge in [0.2, 0.25) is 5.91 Å². The molecule has 0 spiro atoms. The standard InChI is InChI=1S/C33H28N4O3S2/c1-21-8-6-9-23(16-21)18-28(35-31(39)24-10-4-3-5-11-24)32(40)34-25-12-7-13-26(19-25)41-20-30(38)37-33-36-27-15-14-22(2)17-29(27)42-33/h3-19H,20H2,1-2H3,(H,34,40)(H,35,39)(H,36,37,38)/b28-18+. The van der Waals surface area contributed by atoms with E-state index in [1.807, 2.05) is 68.4 Å². The zero-order valence-electron chi connectivity index (χ0n) is 23.0. The monoisotopic (exact) mass is 592 g/mol. The molecule has 0 saturated carbocycles. The van der Waals surface area contributed by atoms with Crippen LogP contribution in [0, 0.1) is 13.8 Å². The Bertz CT molecular complexity index is 1800. The Balaban J connectivity index is 1.25. The van der Waals surface area contributed by atoms with Gasteiger partial charge in [0.05, 0.1) is 16.0 Å². The van der Waals surface area contributed by atoms with Gasteiger partial charge in [-0.3, -0.25) is 14.4 Å². The van der Waals surface area contributed by atoms with Gasteiger partial charge in [0.15, 0.2) is 5.13 Å². The number of amides is 3. The third-order valence-electron chi connectivity index (χ3n) is 6.13. The number of nitrogens with one attached hydrogen (secondary N) is 3. The number of hydrogen-bond acceptors (Lipinski definition) is 6. The van der Waals surface area contributed by atoms with Crippen LogP contribution in [0.4, 0.5) is 10.8 Å². The van der Waals surface area contributed by atoms with E-state index in [0.717, 1.165) is 31.8 Å². The second kappa shape index (κ2) is 13.3. The molecule has 5 rings (SSSR count). The van der Waals surface area contributed by atoms with E-state index >= 15 is 0 Å². The first-order valence-electron chi connectivity index (χ1n) is 13.2. The fourth-order valence-electron chi connectivity index (χ4n) is 4.12. The molecule has 4 aromatic carbocycles. The molecule has 3 N–H and O–H groups in total. The van der Waals surface area contributed by atoms with Crippen molar-refractivity contribution in [3.8, 4) is 0 Å². The summed E-state index contributed by atoms with van der Waals surface area (Å²) in [4.78, 5) is 44.2. The SMILES string of the molecule is Cc1cccc(/C=C(/NC(=O)c2ccccc2)C(=O)Nc2cccc(SCC(=O)Nc3nc4ccc(C)cc4s3)c2)c1. The summed E-state index contributed by atoms with van der Waals surface area (Å²) in [6.45, 7) is 3.98. The van der Waals surface area contributed by atoms with Crippen LogP contribution < -0.4 is 16.0 Å². The summed E-state index contributed by atoms with van der Waals surface area (Å²) in [6, 6.07) is 29.6. The third kappa shape index (κ3) is 7.72. The van der Waals surface area contributed by atoms with Gasteiger partial charge >= 0.3 is 0 Å². The average molecular weight is 593 g/mol. The number of hydrogen-bond donors (Lipinski definition) is 3. The normalized spacial score (nSPS) is 11.2. The zero-order chi connectivity index (χ0) is 29.5. The Labute approximate surface area is 252 Å². The summed E-state index contributed by atoms with van der Waals surface area (Å²) in [5.74, 6) is -0.843. The quantitative estimate of drug-likeness (QED) is 0.126. The minimum atomic E-state index is -0.466. The molecule has 0 bridgehead atoms. The molecule has 3 amide bonds. The first-order chi connectivity index (χ1) is 20.3. The second-order valence-corrected chi connectivity index (χ2v) is 11.7. The summed E-state index contributed by atoms with van der Waals surface area (Å²) >= 11 is 2.79. The van der Waals surface area contributed by atoms with E-state index in [2.05, 4.69) is 20.9 Å². The lowest BCUT2D eigenvalue weighted by atomic mass is 10.1. The molecule has 0 aliphatic rings. The van der Waals surface area contributed by atoms with E-state index in [1.54, 1.807) is 48.5 Å². The Kier molecular flexibility index (Phi) is 9.11. The molecule has 0 atom stereocenters. The van der Waals surface area contributed by atoms with Crippen molar-refractivity contribution in [2.24, 2.45) is 0 Å². The van der Waals surface area contributed by atoms with Gasteiger partial charge in [0, 0.05) is 16.1 Å². The van der Waals surface area contributed by atoms with Crippen LogP contribution in [-0.4, -0.2) is 28.5 Å². The Morgan fingerprint density at radius 3 is 2.43 bits per heavy atom. The van der Waals surface area contributed by atoms with Gasteiger partial charge < -0.3 is 16.0 Å². The molecular weight excluding hydrogens is 565 g/mol. The molecule has 1 heterocycles. The van der Waals surface area contributed by atoms with E-state index < -0.39 is 5.91 Å². The van der Waals surface area contributed by atoms with Crippen LogP contribution >= 0.6 is 23.1 Å². The molecule has 9 heteroatoms. The Morgan fingerprint density at radius 2 is 1.62 bits per heavy atom. The highest BCUT2D eigenvalue weighted by Gasteiger charge is 2.16. The van der Waals surface area contributed by atoms with E-state index in [-0.39, 0.29) is 23.3 Å². The first kappa shape index (κ1) is 28.8. The summed E-state index contributed by atoms with van der Waals surface area (Å²) in [6.07, 6.45) is 1.65. The van der Waals surface area contributed by atoms with Crippen LogP contribution in [0.5, 0.6) is 0 Å². The minimum Gasteiger partial charge on any atom is -0.321 e. The van der Waals surface area contributed by atoms with Crippen molar-refractivity contribution in [3.05, 3.63) is 125 Å². The van der Waals surface area contributed by atoms with Crippen molar-refractivity contribution in [2.45, 2.75) is 18.7 Å². The van der Waals surface area contributed by atoms with Gasteiger partial charge in [-0.25, -0.2) is 4.98 Å². The molecule has 0 fully saturated rings. The van der Waals surface area contributed by atoms with Gasteiger partial charge in [0.25, 0.3) is 11.8 Å². The van der Waals surface area contributed by atoms with Crippen LogP contribution in [0.1, 0.15) is 27.0 Å². The maximum Gasteiger partial charge on any atom is 0.272 e. The largest absolute Gasteiger partial charge is 0.321 e. The van der Waals surface area contributed by atoms with Gasteiger partial charge in [-0.2, -0.15) is 0 Å². The van der Waals surface area contributed by atoms with E-state index in [9.17, 15) is 14.4 Å². The van der Waals surface area contributed by atoms with Crippen molar-refractivity contribution in [1.29, 1.82) is 0 Å². The number of carbonyl (C=O) groups is 3. The molecule has 1 aromatic heterocycles. The first-order valence-corrected chi connectivity index (χ1v) is 15.0. The second-order valence-electron chi connectivity index (χ2n) is 9.60. The van der Waals surface area contributed by atoms with Crippen molar-refractivity contribution in [3.63, 3.8) is 0 Å². The molecule has 5 aromatic rings. The van der Waals surface area contributed by atoms with Gasteiger partial charge in [-0.1, -0.05) is 71.5 Å². The zero-order valence-corrected chi connectivity index (χ0v) is 24.6. The lowest BCUT2D eigenvalue weighted by Crippen LogP contribution is -2.30. The highest BCUT2D eigenvalue weighted by molar-refractivity contribution is 8.00. The maximum atomic E-state index is 13.4. The van der Waals surface area contributed by atoms with Crippen molar-refractivity contribution >= 4 is 67.9 Å². The maximum absolute atomic E-state index is 13.4. The summed E-state index contributed by atoms with van der Waals surface area (Å²) in [5.41, 5.74) is 4.90. The lowest BCUT2D eigenvalue weighted by molar-refractivity contribution is -0.114. The number of aryl methyl sites for hydroxylation is 2. The van der Waals surface area contributed by atoms with Crippen LogP contribution in [-0.2, 0) is 9.59 Å². The number of fused-ring (bicyclic) bond motifs is 1. The molecule has 0 radical (unpaired) electrons. The predicted molar refractivity (Wildman–Crippen MR) is 172 cm³/mol. The fraction of sp³-hybridized carbons (Fsp3) is 0.0909. The summed E-state index contributed by atoms with van der Waals surface area (Å²) in [5, 5.41) is 9.07. The average Bonchev–Trinajstić information content (AvgIpc) is 3.37. The Morgan fingerprint density at radius 1 is 0.833 bits per heavy atom. The number of carbonyl (C=O) groups excluding carboxylic acids is 3. The topological polar surface area (TPSA) is 100 Å². The summed E-state index contributed by atoms with van der Waals surface area (Å²) in [7, 11) is 0. The number of benzene rings is 4. The molecule has 210 valence electrons. The molecule has 0 aliphatic heterocycles. The highest BCUT2D eigenvalue weighted by atomic mass is 32.2. The van der Waals surface area contributed by atoms with Crippen LogP contribution in [0.25, 0.3) is 16.3 Å². The number of nitrogens with zero attached hydrogens (tertiary/aromatic N) is 1. The molecular formula is C33H28N4O3S2. The molecule has 0 saturated heterocycles. The molecule has 7 nitrogen and oxygen atoms in total. The van der Waals surface area contributed by atoms with Crippen molar-refractivity contribution in [2.75, 3.05) is 16.4 Å². The van der Waals surface area contributed by atoms with E-state index in [4.69, 9.17) is 0 Å². The van der Waals surface area contributed by atoms with Crippen molar-refractivity contribution in [1.82, 2.24) is 10.3 Å². The molecule has 42 heavy (non-hydrogen) atoms. The number of anilines is 2. The van der Waals surface area contributed by atoms with Crippen LogP contribution in [0.2, 0.25) is 0 Å². The molecule has 0 unspecified atom stereocenters. The highest BCUT2D eigenvalue weighted by Crippen LogP contribution is 2.27. The van der Waals surface area contributed by atoms with Gasteiger partial charge in [0.1, 0.15) is 5.70 Å². The van der Waals surface area contributed by atoms with Crippen LogP contribution in [0.15, 0.2) is 108 Å². The number of thioether (sulfide) groups is 1. The third-order valence-corrected chi connectivity index (χ3v) is 8.06. The lowest BCUT2D eigenvalue weighted by Gasteiger charge is -2.12. The van der Waals surface area contributed by atoms with Gasteiger partial charge in [-0.15, -0.1) is 11.8 Å². The predicted octanol–water partition coefficient (Wildman–Crippen LogP) is 7.05. The summed E-state index contributed by atoms with van der Waals surface area (Å²) < 4.78 is 1.03. The Hall–Kier alpha value is -4.73. The van der Waals surface area contributed by atoms with Gasteiger partial charge in [-0.05, 0) is 73.5 Å². The smallest absolute Gasteiger partial charge is 0.272 e.